The summed E-state index contributed by atoms with van der Waals surface area (Å²) in [7, 11) is -4.38. The summed E-state index contributed by atoms with van der Waals surface area (Å²) in [5.41, 5.74) is 0.853. The van der Waals surface area contributed by atoms with E-state index in [-0.39, 0.29) is 37.6 Å². The second-order valence-corrected chi connectivity index (χ2v) is 10.9. The van der Waals surface area contributed by atoms with Crippen molar-refractivity contribution >= 4 is 15.8 Å². The van der Waals surface area contributed by atoms with E-state index in [2.05, 4.69) is 14.9 Å². The summed E-state index contributed by atoms with van der Waals surface area (Å²) in [6, 6.07) is 9.01. The van der Waals surface area contributed by atoms with E-state index in [1.165, 1.54) is 42.6 Å². The molecule has 0 amide bonds. The average Bonchev–Trinajstić information content (AvgIpc) is 2.88. The van der Waals surface area contributed by atoms with Gasteiger partial charge in [0.25, 0.3) is 10.0 Å². The molecule has 1 saturated heterocycles. The fraction of sp³-hybridized carbons (Fsp3) is 0.360. The van der Waals surface area contributed by atoms with Crippen LogP contribution in [-0.2, 0) is 10.0 Å². The Morgan fingerprint density at radius 2 is 1.79 bits per heavy atom. The summed E-state index contributed by atoms with van der Waals surface area (Å²) < 4.78 is 103. The van der Waals surface area contributed by atoms with Gasteiger partial charge in [-0.3, -0.25) is 9.62 Å². The van der Waals surface area contributed by atoms with Crippen LogP contribution in [0.4, 0.5) is 27.8 Å². The Kier molecular flexibility index (Phi) is 6.99. The number of hydrogen-bond acceptors (Lipinski definition) is 6. The van der Waals surface area contributed by atoms with Crippen LogP contribution in [-0.4, -0.2) is 42.8 Å². The number of aromatic nitrogens is 2. The van der Waals surface area contributed by atoms with Gasteiger partial charge in [0.2, 0.25) is 0 Å². The Bertz CT molecular complexity index is 1400. The zero-order chi connectivity index (χ0) is 27.1. The van der Waals surface area contributed by atoms with Gasteiger partial charge in [-0.15, -0.1) is 5.10 Å². The summed E-state index contributed by atoms with van der Waals surface area (Å²) in [5, 5.41) is 7.22. The predicted octanol–water partition coefficient (Wildman–Crippen LogP) is 5.39. The lowest BCUT2D eigenvalue weighted by Gasteiger charge is -2.46. The topological polar surface area (TPSA) is 84.4 Å². The van der Waals surface area contributed by atoms with Crippen LogP contribution in [0.15, 0.2) is 59.6 Å². The number of likely N-dealkylation sites (tertiary alicyclic amines) is 1. The average molecular weight is 555 g/mol. The molecule has 0 aliphatic carbocycles. The summed E-state index contributed by atoms with van der Waals surface area (Å²) in [5.74, 6) is -3.06. The van der Waals surface area contributed by atoms with Gasteiger partial charge >= 0.3 is 6.18 Å². The molecule has 2 aliphatic heterocycles. The highest BCUT2D eigenvalue weighted by atomic mass is 32.2. The third-order valence-electron chi connectivity index (χ3n) is 6.93. The third-order valence-corrected chi connectivity index (χ3v) is 8.30. The van der Waals surface area contributed by atoms with E-state index < -0.39 is 50.7 Å². The fourth-order valence-corrected chi connectivity index (χ4v) is 6.21. The van der Waals surface area contributed by atoms with Gasteiger partial charge in [0.05, 0.1) is 12.5 Å². The van der Waals surface area contributed by atoms with Gasteiger partial charge < -0.3 is 4.74 Å². The molecule has 202 valence electrons. The number of piperidine rings is 1. The van der Waals surface area contributed by atoms with Gasteiger partial charge in [0.15, 0.2) is 5.82 Å². The molecule has 1 fully saturated rings. The number of alkyl halides is 3. The van der Waals surface area contributed by atoms with Gasteiger partial charge in [-0.1, -0.05) is 12.1 Å². The molecule has 13 heteroatoms. The Morgan fingerprint density at radius 3 is 2.47 bits per heavy atom. The molecule has 38 heavy (non-hydrogen) atoms. The lowest BCUT2D eigenvalue weighted by atomic mass is 9.84. The summed E-state index contributed by atoms with van der Waals surface area (Å²) in [6.45, 7) is 0.210. The van der Waals surface area contributed by atoms with Gasteiger partial charge in [-0.25, -0.2) is 17.2 Å². The van der Waals surface area contributed by atoms with Crippen LogP contribution in [0.3, 0.4) is 0 Å². The Hall–Kier alpha value is -3.32. The number of benzene rings is 2. The molecular formula is C25H23F5N4O3S. The molecule has 7 nitrogen and oxygen atoms in total. The van der Waals surface area contributed by atoms with Gasteiger partial charge in [0, 0.05) is 36.3 Å². The SMILES string of the molecule is O=S(=O)(Nc1cccnn1)c1cc2c(cc1F)[C@@H](N1CC[C@H](C(F)(F)F)C[C@@H]1c1ccc(F)cc1)CCO2. The van der Waals surface area contributed by atoms with Gasteiger partial charge in [-0.05, 0) is 55.3 Å². The molecule has 3 atom stereocenters. The maximum Gasteiger partial charge on any atom is 0.391 e. The normalized spacial score (nSPS) is 22.4. The van der Waals surface area contributed by atoms with E-state index in [0.29, 0.717) is 17.5 Å². The monoisotopic (exact) mass is 554 g/mol. The van der Waals surface area contributed by atoms with Crippen LogP contribution in [0, 0.1) is 17.6 Å². The molecule has 3 heterocycles. The fourth-order valence-electron chi connectivity index (χ4n) is 5.14. The van der Waals surface area contributed by atoms with Crippen molar-refractivity contribution in [2.45, 2.75) is 42.4 Å². The van der Waals surface area contributed by atoms with E-state index in [1.54, 1.807) is 0 Å². The second kappa shape index (κ2) is 10.1. The van der Waals surface area contributed by atoms with Crippen LogP contribution in [0.2, 0.25) is 0 Å². The lowest BCUT2D eigenvalue weighted by Crippen LogP contribution is -2.44. The highest BCUT2D eigenvalue weighted by molar-refractivity contribution is 7.92. The maximum atomic E-state index is 15.3. The van der Waals surface area contributed by atoms with Crippen molar-refractivity contribution < 1.29 is 35.1 Å². The van der Waals surface area contributed by atoms with Crippen LogP contribution in [0.5, 0.6) is 5.75 Å². The van der Waals surface area contributed by atoms with Crippen molar-refractivity contribution in [2.24, 2.45) is 5.92 Å². The number of ether oxygens (including phenoxy) is 1. The molecule has 0 radical (unpaired) electrons. The first-order valence-corrected chi connectivity index (χ1v) is 13.4. The summed E-state index contributed by atoms with van der Waals surface area (Å²) in [4.78, 5) is 1.19. The van der Waals surface area contributed by atoms with Crippen molar-refractivity contribution in [1.82, 2.24) is 15.1 Å². The molecule has 1 aromatic heterocycles. The van der Waals surface area contributed by atoms with Gasteiger partial charge in [-0.2, -0.15) is 18.3 Å². The number of sulfonamides is 1. The molecule has 0 unspecified atom stereocenters. The van der Waals surface area contributed by atoms with Crippen molar-refractivity contribution in [1.29, 1.82) is 0 Å². The number of fused-ring (bicyclic) bond motifs is 1. The number of nitrogens with one attached hydrogen (secondary N) is 1. The lowest BCUT2D eigenvalue weighted by molar-refractivity contribution is -0.192. The van der Waals surface area contributed by atoms with Crippen LogP contribution >= 0.6 is 0 Å². The highest BCUT2D eigenvalue weighted by Gasteiger charge is 2.46. The molecule has 0 saturated carbocycles. The predicted molar refractivity (Wildman–Crippen MR) is 127 cm³/mol. The molecule has 2 aliphatic rings. The van der Waals surface area contributed by atoms with Crippen molar-refractivity contribution in [3.8, 4) is 5.75 Å². The van der Waals surface area contributed by atoms with Crippen LogP contribution in [0.1, 0.15) is 42.5 Å². The standard InChI is InChI=1S/C25H23F5N4O3S/c26-17-5-3-15(4-6-17)21-12-16(25(28,29)30)7-10-34(21)20-8-11-37-22-14-23(19(27)13-18(20)22)38(35,36)33-24-2-1-9-31-32-24/h1-6,9,13-14,16,20-21H,7-8,10-12H2,(H,32,33)/t16-,20-,21+/m0/s1. The smallest absolute Gasteiger partial charge is 0.391 e. The van der Waals surface area contributed by atoms with E-state index in [9.17, 15) is 26.0 Å². The minimum Gasteiger partial charge on any atom is -0.493 e. The second-order valence-electron chi connectivity index (χ2n) is 9.26. The van der Waals surface area contributed by atoms with Crippen molar-refractivity contribution in [3.05, 3.63) is 77.5 Å². The van der Waals surface area contributed by atoms with E-state index in [4.69, 9.17) is 4.74 Å². The molecule has 0 spiro atoms. The van der Waals surface area contributed by atoms with Crippen LogP contribution in [0.25, 0.3) is 0 Å². The Labute approximate surface area is 215 Å². The number of nitrogens with zero attached hydrogens (tertiary/aromatic N) is 3. The van der Waals surface area contributed by atoms with E-state index in [0.717, 1.165) is 12.1 Å². The number of rotatable bonds is 5. The number of anilines is 1. The minimum absolute atomic E-state index is 0.0617. The highest BCUT2D eigenvalue weighted by Crippen LogP contribution is 2.48. The molecule has 3 aromatic rings. The molecule has 0 bridgehead atoms. The van der Waals surface area contributed by atoms with Crippen molar-refractivity contribution in [3.63, 3.8) is 0 Å². The first-order valence-electron chi connectivity index (χ1n) is 11.9. The Morgan fingerprint density at radius 1 is 1.03 bits per heavy atom. The van der Waals surface area contributed by atoms with Crippen molar-refractivity contribution in [2.75, 3.05) is 17.9 Å². The van der Waals surface area contributed by atoms with E-state index in [1.807, 2.05) is 4.90 Å². The van der Waals surface area contributed by atoms with Gasteiger partial charge in [0.1, 0.15) is 22.3 Å². The largest absolute Gasteiger partial charge is 0.493 e. The number of halogens is 5. The summed E-state index contributed by atoms with van der Waals surface area (Å²) in [6.07, 6.45) is -3.07. The first-order chi connectivity index (χ1) is 18.0. The quantitative estimate of drug-likeness (QED) is 0.426. The Balaban J connectivity index is 1.49. The van der Waals surface area contributed by atoms with E-state index >= 15 is 4.39 Å². The zero-order valence-corrected chi connectivity index (χ0v) is 20.6. The molecule has 5 rings (SSSR count). The third kappa shape index (κ3) is 5.30. The molecule has 1 N–H and O–H groups in total. The molecule has 2 aromatic carbocycles. The minimum atomic E-state index is -4.39. The maximum absolute atomic E-state index is 15.3. The number of hydrogen-bond donors (Lipinski definition) is 1. The summed E-state index contributed by atoms with van der Waals surface area (Å²) >= 11 is 0. The molecular weight excluding hydrogens is 531 g/mol. The van der Waals surface area contributed by atoms with Crippen LogP contribution < -0.4 is 9.46 Å². The first kappa shape index (κ1) is 26.3. The zero-order valence-electron chi connectivity index (χ0n) is 19.8.